The van der Waals surface area contributed by atoms with E-state index in [-0.39, 0.29) is 18.6 Å². The highest BCUT2D eigenvalue weighted by molar-refractivity contribution is 5.84. The molecule has 0 spiro atoms. The molecule has 0 fully saturated rings. The highest BCUT2D eigenvalue weighted by Gasteiger charge is 2.12. The lowest BCUT2D eigenvalue weighted by molar-refractivity contribution is -0.123. The quantitative estimate of drug-likeness (QED) is 0.389. The number of H-pyrrole nitrogens is 1. The van der Waals surface area contributed by atoms with E-state index in [1.165, 1.54) is 0 Å². The first-order valence-electron chi connectivity index (χ1n) is 10.6. The molecule has 32 heavy (non-hydrogen) atoms. The van der Waals surface area contributed by atoms with Gasteiger partial charge in [0.2, 0.25) is 0 Å². The second kappa shape index (κ2) is 9.09. The van der Waals surface area contributed by atoms with Gasteiger partial charge in [0.25, 0.3) is 5.91 Å². The SMILES string of the molecule is Cc1nc(-c2cccc(OCC(=O)NC(C)C)c2)nc(Nc2ccc3[nH]ccc3c2)c1C. The minimum atomic E-state index is -0.154. The maximum absolute atomic E-state index is 11.9. The smallest absolute Gasteiger partial charge is 0.258 e. The fourth-order valence-electron chi connectivity index (χ4n) is 3.38. The normalized spacial score (nSPS) is 11.0. The van der Waals surface area contributed by atoms with Crippen LogP contribution in [-0.2, 0) is 4.79 Å². The van der Waals surface area contributed by atoms with Crippen molar-refractivity contribution >= 4 is 28.3 Å². The molecule has 0 unspecified atom stereocenters. The van der Waals surface area contributed by atoms with Crippen molar-refractivity contribution in [2.45, 2.75) is 33.7 Å². The number of amides is 1. The minimum absolute atomic E-state index is 0.0378. The van der Waals surface area contributed by atoms with Gasteiger partial charge in [-0.05, 0) is 64.1 Å². The van der Waals surface area contributed by atoms with Gasteiger partial charge in [-0.1, -0.05) is 12.1 Å². The third-order valence-electron chi connectivity index (χ3n) is 5.12. The number of aromatic nitrogens is 3. The average molecular weight is 430 g/mol. The number of nitrogens with zero attached hydrogens (tertiary/aromatic N) is 2. The van der Waals surface area contributed by atoms with Crippen LogP contribution in [0.1, 0.15) is 25.1 Å². The molecule has 4 aromatic rings. The maximum atomic E-state index is 11.9. The van der Waals surface area contributed by atoms with Gasteiger partial charge >= 0.3 is 0 Å². The zero-order valence-electron chi connectivity index (χ0n) is 18.7. The molecule has 7 nitrogen and oxygen atoms in total. The largest absolute Gasteiger partial charge is 0.484 e. The van der Waals surface area contributed by atoms with Crippen LogP contribution in [0.5, 0.6) is 5.75 Å². The molecule has 0 aliphatic heterocycles. The number of hydrogen-bond donors (Lipinski definition) is 3. The molecule has 0 aliphatic carbocycles. The van der Waals surface area contributed by atoms with E-state index in [0.717, 1.165) is 39.2 Å². The van der Waals surface area contributed by atoms with Gasteiger partial charge in [-0.3, -0.25) is 4.79 Å². The fraction of sp³-hybridized carbons (Fsp3) is 0.240. The Kier molecular flexibility index (Phi) is 6.07. The van der Waals surface area contributed by atoms with E-state index in [4.69, 9.17) is 9.72 Å². The van der Waals surface area contributed by atoms with Crippen LogP contribution in [0.2, 0.25) is 0 Å². The molecule has 1 amide bonds. The highest BCUT2D eigenvalue weighted by Crippen LogP contribution is 2.27. The van der Waals surface area contributed by atoms with Crippen molar-refractivity contribution in [3.63, 3.8) is 0 Å². The number of rotatable bonds is 7. The van der Waals surface area contributed by atoms with Crippen molar-refractivity contribution in [3.05, 3.63) is 66.0 Å². The summed E-state index contributed by atoms with van der Waals surface area (Å²) in [6, 6.07) is 15.7. The molecule has 164 valence electrons. The number of nitrogens with one attached hydrogen (secondary N) is 3. The summed E-state index contributed by atoms with van der Waals surface area (Å²) in [6.07, 6.45) is 1.92. The second-order valence-electron chi connectivity index (χ2n) is 8.05. The molecule has 4 rings (SSSR count). The number of ether oxygens (including phenoxy) is 1. The molecule has 0 atom stereocenters. The summed E-state index contributed by atoms with van der Waals surface area (Å²) in [4.78, 5) is 24.5. The van der Waals surface area contributed by atoms with Gasteiger partial charge in [0.15, 0.2) is 12.4 Å². The van der Waals surface area contributed by atoms with Gasteiger partial charge in [0.1, 0.15) is 11.6 Å². The van der Waals surface area contributed by atoms with E-state index in [0.29, 0.717) is 11.6 Å². The number of anilines is 2. The van der Waals surface area contributed by atoms with Crippen molar-refractivity contribution in [3.8, 4) is 17.1 Å². The first-order chi connectivity index (χ1) is 15.4. The zero-order chi connectivity index (χ0) is 22.7. The van der Waals surface area contributed by atoms with Gasteiger partial charge in [-0.2, -0.15) is 0 Å². The Hall–Kier alpha value is -3.87. The molecule has 0 aliphatic rings. The van der Waals surface area contributed by atoms with Gasteiger partial charge in [-0.15, -0.1) is 0 Å². The molecule has 2 heterocycles. The first-order valence-corrected chi connectivity index (χ1v) is 10.6. The second-order valence-corrected chi connectivity index (χ2v) is 8.05. The third-order valence-corrected chi connectivity index (χ3v) is 5.12. The topological polar surface area (TPSA) is 91.9 Å². The van der Waals surface area contributed by atoms with Crippen LogP contribution in [-0.4, -0.2) is 33.5 Å². The number of aromatic amines is 1. The van der Waals surface area contributed by atoms with Crippen LogP contribution in [0.3, 0.4) is 0 Å². The fourth-order valence-corrected chi connectivity index (χ4v) is 3.38. The summed E-state index contributed by atoms with van der Waals surface area (Å²) in [6.45, 7) is 7.76. The molecule has 0 bridgehead atoms. The molecule has 7 heteroatoms. The van der Waals surface area contributed by atoms with E-state index in [2.05, 4.69) is 26.7 Å². The van der Waals surface area contributed by atoms with Crippen LogP contribution < -0.4 is 15.4 Å². The Labute approximate surface area is 187 Å². The van der Waals surface area contributed by atoms with Crippen molar-refractivity contribution < 1.29 is 9.53 Å². The number of benzene rings is 2. The number of hydrogen-bond acceptors (Lipinski definition) is 5. The summed E-state index contributed by atoms with van der Waals surface area (Å²) in [5.41, 5.74) is 4.74. The molecule has 0 saturated carbocycles. The number of carbonyl (C=O) groups excluding carboxylic acids is 1. The van der Waals surface area contributed by atoms with Gasteiger partial charge in [0, 0.05) is 45.6 Å². The first kappa shape index (κ1) is 21.4. The monoisotopic (exact) mass is 429 g/mol. The van der Waals surface area contributed by atoms with Crippen molar-refractivity contribution in [2.75, 3.05) is 11.9 Å². The lowest BCUT2D eigenvalue weighted by Crippen LogP contribution is -2.34. The standard InChI is InChI=1S/C25H27N5O2/c1-15(2)27-23(31)14-32-21-7-5-6-19(13-21)25-28-17(4)16(3)24(30-25)29-20-8-9-22-18(12-20)10-11-26-22/h5-13,15,26H,14H2,1-4H3,(H,27,31)(H,28,29,30). The van der Waals surface area contributed by atoms with Gasteiger partial charge < -0.3 is 20.4 Å². The number of carbonyl (C=O) groups is 1. The molecular weight excluding hydrogens is 402 g/mol. The summed E-state index contributed by atoms with van der Waals surface area (Å²) in [5.74, 6) is 1.79. The maximum Gasteiger partial charge on any atom is 0.258 e. The molecular formula is C25H27N5O2. The van der Waals surface area contributed by atoms with Gasteiger partial charge in [0.05, 0.1) is 0 Å². The third kappa shape index (κ3) is 4.88. The van der Waals surface area contributed by atoms with E-state index < -0.39 is 0 Å². The lowest BCUT2D eigenvalue weighted by atomic mass is 10.1. The molecule has 2 aromatic heterocycles. The minimum Gasteiger partial charge on any atom is -0.484 e. The lowest BCUT2D eigenvalue weighted by Gasteiger charge is -2.13. The van der Waals surface area contributed by atoms with E-state index >= 15 is 0 Å². The summed E-state index contributed by atoms with van der Waals surface area (Å²) >= 11 is 0. The average Bonchev–Trinajstić information content (AvgIpc) is 3.23. The number of fused-ring (bicyclic) bond motifs is 1. The van der Waals surface area contributed by atoms with E-state index in [1.54, 1.807) is 0 Å². The molecule has 0 saturated heterocycles. The zero-order valence-corrected chi connectivity index (χ0v) is 18.7. The Morgan fingerprint density at radius 3 is 2.75 bits per heavy atom. The van der Waals surface area contributed by atoms with Gasteiger partial charge in [-0.25, -0.2) is 9.97 Å². The molecule has 2 aromatic carbocycles. The van der Waals surface area contributed by atoms with Crippen LogP contribution in [0, 0.1) is 13.8 Å². The molecule has 0 radical (unpaired) electrons. The summed E-state index contributed by atoms with van der Waals surface area (Å²) in [5, 5.41) is 7.37. The summed E-state index contributed by atoms with van der Waals surface area (Å²) < 4.78 is 5.66. The predicted octanol–water partition coefficient (Wildman–Crippen LogP) is 4.89. The van der Waals surface area contributed by atoms with Crippen LogP contribution in [0.15, 0.2) is 54.7 Å². The van der Waals surface area contributed by atoms with E-state index in [1.807, 2.05) is 76.4 Å². The van der Waals surface area contributed by atoms with Crippen LogP contribution in [0.4, 0.5) is 11.5 Å². The molecule has 3 N–H and O–H groups in total. The van der Waals surface area contributed by atoms with Crippen molar-refractivity contribution in [1.29, 1.82) is 0 Å². The van der Waals surface area contributed by atoms with Crippen LogP contribution in [0.25, 0.3) is 22.3 Å². The van der Waals surface area contributed by atoms with Crippen molar-refractivity contribution in [2.24, 2.45) is 0 Å². The number of aryl methyl sites for hydroxylation is 1. The van der Waals surface area contributed by atoms with Crippen LogP contribution >= 0.6 is 0 Å². The summed E-state index contributed by atoms with van der Waals surface area (Å²) in [7, 11) is 0. The Balaban J connectivity index is 1.57. The predicted molar refractivity (Wildman–Crippen MR) is 127 cm³/mol. The Morgan fingerprint density at radius 1 is 1.09 bits per heavy atom. The van der Waals surface area contributed by atoms with E-state index in [9.17, 15) is 4.79 Å². The Bertz CT molecular complexity index is 1260. The highest BCUT2D eigenvalue weighted by atomic mass is 16.5. The Morgan fingerprint density at radius 2 is 1.94 bits per heavy atom. The van der Waals surface area contributed by atoms with Crippen molar-refractivity contribution in [1.82, 2.24) is 20.3 Å².